The van der Waals surface area contributed by atoms with Crippen LogP contribution in [-0.4, -0.2) is 60.3 Å². The van der Waals surface area contributed by atoms with Crippen LogP contribution in [0.15, 0.2) is 29.6 Å². The third-order valence-electron chi connectivity index (χ3n) is 4.74. The second-order valence-corrected chi connectivity index (χ2v) is 7.30. The van der Waals surface area contributed by atoms with Gasteiger partial charge in [-0.1, -0.05) is 12.1 Å². The Morgan fingerprint density at radius 3 is 2.85 bits per heavy atom. The first-order valence-corrected chi connectivity index (χ1v) is 9.40. The van der Waals surface area contributed by atoms with Crippen LogP contribution in [0.4, 0.5) is 0 Å². The highest BCUT2D eigenvalue weighted by molar-refractivity contribution is 7.17. The third kappa shape index (κ3) is 3.09. The number of nitrogens with zero attached hydrogens (tertiary/aromatic N) is 1. The van der Waals surface area contributed by atoms with E-state index in [-0.39, 0.29) is 0 Å². The molecule has 0 unspecified atom stereocenters. The van der Waals surface area contributed by atoms with Gasteiger partial charge in [-0.3, -0.25) is 0 Å². The molecule has 8 heteroatoms. The van der Waals surface area contributed by atoms with Crippen molar-refractivity contribution in [2.45, 2.75) is 24.9 Å². The molecule has 26 heavy (non-hydrogen) atoms. The number of ether oxygens (including phenoxy) is 3. The Labute approximate surface area is 154 Å². The predicted molar refractivity (Wildman–Crippen MR) is 93.5 cm³/mol. The fourth-order valence-electron chi connectivity index (χ4n) is 3.37. The Kier molecular flexibility index (Phi) is 4.66. The molecular weight excluding hydrogens is 358 g/mol. The normalized spacial score (nSPS) is 22.3. The van der Waals surface area contributed by atoms with Crippen LogP contribution in [0.25, 0.3) is 10.1 Å². The molecule has 1 atom stereocenters. The fraction of sp³-hybridized carbons (Fsp3) is 0.444. The smallest absolute Gasteiger partial charge is 0.397 e. The van der Waals surface area contributed by atoms with E-state index in [0.29, 0.717) is 32.7 Å². The standard InChI is InChI=1S/C18H19NO6S/c20-15-3-6-19(18(15)24-16(21)17(22)25-18)7-9-23-8-4-12-1-2-14-13(11-12)5-10-26-14/h1-2,5,10-11,15,20H,3-4,6-9H2/t15-/m0/s1. The number of hydrogen-bond acceptors (Lipinski definition) is 8. The predicted octanol–water partition coefficient (Wildman–Crippen LogP) is 1.28. The maximum absolute atomic E-state index is 11.4. The molecule has 2 saturated heterocycles. The highest BCUT2D eigenvalue weighted by Gasteiger charge is 2.61. The van der Waals surface area contributed by atoms with Gasteiger partial charge in [0.15, 0.2) is 0 Å². The molecule has 0 amide bonds. The Morgan fingerprint density at radius 1 is 1.23 bits per heavy atom. The topological polar surface area (TPSA) is 85.3 Å². The summed E-state index contributed by atoms with van der Waals surface area (Å²) in [6.07, 6.45) is 0.111. The highest BCUT2D eigenvalue weighted by Crippen LogP contribution is 2.36. The molecule has 2 aromatic rings. The number of aliphatic hydroxyl groups excluding tert-OH is 1. The Morgan fingerprint density at radius 2 is 2.04 bits per heavy atom. The minimum Gasteiger partial charge on any atom is -0.397 e. The zero-order chi connectivity index (χ0) is 18.1. The molecule has 0 radical (unpaired) electrons. The Balaban J connectivity index is 1.26. The van der Waals surface area contributed by atoms with E-state index < -0.39 is 24.0 Å². The Bertz CT molecular complexity index is 818. The summed E-state index contributed by atoms with van der Waals surface area (Å²) in [5, 5.41) is 13.4. The minimum atomic E-state index is -1.68. The van der Waals surface area contributed by atoms with Crippen LogP contribution in [0, 0.1) is 0 Å². The van der Waals surface area contributed by atoms with Crippen LogP contribution >= 0.6 is 11.3 Å². The third-order valence-corrected chi connectivity index (χ3v) is 5.63. The first-order chi connectivity index (χ1) is 12.6. The van der Waals surface area contributed by atoms with E-state index >= 15 is 0 Å². The van der Waals surface area contributed by atoms with Crippen LogP contribution < -0.4 is 0 Å². The number of aliphatic hydroxyl groups is 1. The van der Waals surface area contributed by atoms with Crippen molar-refractivity contribution in [3.05, 3.63) is 35.2 Å². The van der Waals surface area contributed by atoms with Crippen LogP contribution in [0.3, 0.4) is 0 Å². The average molecular weight is 377 g/mol. The molecule has 1 aromatic heterocycles. The lowest BCUT2D eigenvalue weighted by Crippen LogP contribution is -2.52. The number of rotatable bonds is 6. The lowest BCUT2D eigenvalue weighted by molar-refractivity contribution is -0.269. The van der Waals surface area contributed by atoms with Crippen molar-refractivity contribution in [1.29, 1.82) is 0 Å². The van der Waals surface area contributed by atoms with Crippen molar-refractivity contribution in [2.24, 2.45) is 0 Å². The molecule has 0 aliphatic carbocycles. The molecule has 2 aliphatic rings. The molecule has 3 heterocycles. The summed E-state index contributed by atoms with van der Waals surface area (Å²) >= 11 is 1.72. The summed E-state index contributed by atoms with van der Waals surface area (Å²) in [6, 6.07) is 8.49. The molecule has 4 rings (SSSR count). The van der Waals surface area contributed by atoms with Crippen molar-refractivity contribution in [2.75, 3.05) is 26.3 Å². The summed E-state index contributed by atoms with van der Waals surface area (Å²) in [4.78, 5) is 24.4. The average Bonchev–Trinajstić information content (AvgIpc) is 3.29. The number of thiophene rings is 1. The molecule has 2 aliphatic heterocycles. The molecule has 2 fully saturated rings. The summed E-state index contributed by atoms with van der Waals surface area (Å²) in [7, 11) is 0. The van der Waals surface area contributed by atoms with E-state index in [0.717, 1.165) is 6.42 Å². The maximum Gasteiger partial charge on any atom is 0.422 e. The number of likely N-dealkylation sites (tertiary alicyclic amines) is 1. The summed E-state index contributed by atoms with van der Waals surface area (Å²) in [5.74, 6) is -3.82. The molecule has 1 aromatic carbocycles. The summed E-state index contributed by atoms with van der Waals surface area (Å²) in [5.41, 5.74) is 1.21. The quantitative estimate of drug-likeness (QED) is 0.461. The van der Waals surface area contributed by atoms with Crippen molar-refractivity contribution in [3.8, 4) is 0 Å². The summed E-state index contributed by atoms with van der Waals surface area (Å²) in [6.45, 7) is 1.78. The van der Waals surface area contributed by atoms with Gasteiger partial charge in [0.2, 0.25) is 0 Å². The van der Waals surface area contributed by atoms with Gasteiger partial charge >= 0.3 is 17.8 Å². The van der Waals surface area contributed by atoms with E-state index in [1.807, 2.05) is 0 Å². The van der Waals surface area contributed by atoms with Gasteiger partial charge in [0.1, 0.15) is 6.10 Å². The van der Waals surface area contributed by atoms with E-state index in [2.05, 4.69) is 29.6 Å². The van der Waals surface area contributed by atoms with Gasteiger partial charge in [0.25, 0.3) is 0 Å². The largest absolute Gasteiger partial charge is 0.422 e. The zero-order valence-electron chi connectivity index (χ0n) is 14.1. The molecular formula is C18H19NO6S. The van der Waals surface area contributed by atoms with E-state index in [1.165, 1.54) is 15.6 Å². The molecule has 1 N–H and O–H groups in total. The molecule has 1 spiro atoms. The van der Waals surface area contributed by atoms with E-state index in [9.17, 15) is 14.7 Å². The van der Waals surface area contributed by atoms with Gasteiger partial charge in [-0.05, 0) is 41.3 Å². The number of carbonyl (C=O) groups is 2. The van der Waals surface area contributed by atoms with E-state index in [1.54, 1.807) is 16.2 Å². The number of esters is 2. The molecule has 0 bridgehead atoms. The lowest BCUT2D eigenvalue weighted by Gasteiger charge is -2.32. The van der Waals surface area contributed by atoms with Gasteiger partial charge in [0.05, 0.1) is 13.2 Å². The van der Waals surface area contributed by atoms with Gasteiger partial charge in [0, 0.05) is 17.8 Å². The van der Waals surface area contributed by atoms with Crippen LogP contribution in [0.2, 0.25) is 0 Å². The van der Waals surface area contributed by atoms with Crippen LogP contribution in [0.5, 0.6) is 0 Å². The second kappa shape index (κ2) is 6.96. The van der Waals surface area contributed by atoms with Gasteiger partial charge in [-0.2, -0.15) is 0 Å². The number of carbonyl (C=O) groups excluding carboxylic acids is 2. The van der Waals surface area contributed by atoms with Gasteiger partial charge in [-0.25, -0.2) is 14.5 Å². The molecule has 7 nitrogen and oxygen atoms in total. The van der Waals surface area contributed by atoms with Crippen LogP contribution in [0.1, 0.15) is 12.0 Å². The first kappa shape index (κ1) is 17.4. The number of fused-ring (bicyclic) bond motifs is 1. The SMILES string of the molecule is O=C1OC2(OC1=O)[C@@H](O)CCN2CCOCCc1ccc2sccc2c1. The van der Waals surface area contributed by atoms with Gasteiger partial charge in [-0.15, -0.1) is 11.3 Å². The van der Waals surface area contributed by atoms with E-state index in [4.69, 9.17) is 14.2 Å². The van der Waals surface area contributed by atoms with Crippen LogP contribution in [-0.2, 0) is 30.2 Å². The molecule has 138 valence electrons. The maximum atomic E-state index is 11.4. The highest BCUT2D eigenvalue weighted by atomic mass is 32.1. The lowest BCUT2D eigenvalue weighted by atomic mass is 10.1. The van der Waals surface area contributed by atoms with Crippen molar-refractivity contribution in [1.82, 2.24) is 4.90 Å². The zero-order valence-corrected chi connectivity index (χ0v) is 14.9. The number of benzene rings is 1. The monoisotopic (exact) mass is 377 g/mol. The van der Waals surface area contributed by atoms with Crippen molar-refractivity contribution in [3.63, 3.8) is 0 Å². The minimum absolute atomic E-state index is 0.362. The first-order valence-electron chi connectivity index (χ1n) is 8.52. The van der Waals surface area contributed by atoms with Gasteiger partial charge < -0.3 is 19.3 Å². The Hall–Kier alpha value is -2.00. The van der Waals surface area contributed by atoms with Crippen molar-refractivity contribution >= 4 is 33.4 Å². The molecule has 0 saturated carbocycles. The number of hydrogen-bond donors (Lipinski definition) is 1. The summed E-state index contributed by atoms with van der Waals surface area (Å²) < 4.78 is 17.0. The van der Waals surface area contributed by atoms with Crippen molar-refractivity contribution < 1.29 is 28.9 Å². The fourth-order valence-corrected chi connectivity index (χ4v) is 4.14. The second-order valence-electron chi connectivity index (χ2n) is 6.36.